The van der Waals surface area contributed by atoms with Crippen molar-refractivity contribution in [1.82, 2.24) is 4.31 Å². The lowest BCUT2D eigenvalue weighted by Crippen LogP contribution is -2.30. The molecule has 0 fully saturated rings. The minimum absolute atomic E-state index is 0.182. The van der Waals surface area contributed by atoms with E-state index in [1.54, 1.807) is 44.2 Å². The Balaban J connectivity index is 1.98. The van der Waals surface area contributed by atoms with Crippen LogP contribution in [-0.2, 0) is 14.8 Å². The first kappa shape index (κ1) is 21.7. The Kier molecular flexibility index (Phi) is 7.67. The fourth-order valence-corrected chi connectivity index (χ4v) is 4.54. The molecule has 9 heteroatoms. The normalized spacial score (nSPS) is 11.4. The standard InChI is InChI=1S/C18H20BrClN2O4S/c1-3-22(4-2)27(24,25)15-8-6-14(7-9-15)21-18(23)12-26-17-10-5-13(19)11-16(17)20/h5-11H,3-4,12H2,1-2H3,(H,21,23). The van der Waals surface area contributed by atoms with Gasteiger partial charge in [-0.2, -0.15) is 4.31 Å². The highest BCUT2D eigenvalue weighted by atomic mass is 79.9. The number of anilines is 1. The van der Waals surface area contributed by atoms with Gasteiger partial charge in [-0.05, 0) is 42.5 Å². The summed E-state index contributed by atoms with van der Waals surface area (Å²) in [6.07, 6.45) is 0. The number of ether oxygens (including phenoxy) is 1. The third kappa shape index (κ3) is 5.68. The molecule has 0 bridgehead atoms. The van der Waals surface area contributed by atoms with Crippen molar-refractivity contribution in [2.45, 2.75) is 18.7 Å². The van der Waals surface area contributed by atoms with Crippen molar-refractivity contribution >= 4 is 49.1 Å². The Morgan fingerprint density at radius 3 is 2.33 bits per heavy atom. The van der Waals surface area contributed by atoms with Crippen LogP contribution >= 0.6 is 27.5 Å². The van der Waals surface area contributed by atoms with Crippen LogP contribution in [0.15, 0.2) is 51.8 Å². The molecule has 0 spiro atoms. The zero-order valence-corrected chi connectivity index (χ0v) is 18.1. The van der Waals surface area contributed by atoms with Gasteiger partial charge < -0.3 is 10.1 Å². The number of nitrogens with one attached hydrogen (secondary N) is 1. The van der Waals surface area contributed by atoms with E-state index in [2.05, 4.69) is 21.2 Å². The van der Waals surface area contributed by atoms with Gasteiger partial charge in [-0.25, -0.2) is 8.42 Å². The van der Waals surface area contributed by atoms with E-state index in [1.807, 2.05) is 0 Å². The minimum Gasteiger partial charge on any atom is -0.482 e. The van der Waals surface area contributed by atoms with Crippen molar-refractivity contribution in [2.75, 3.05) is 25.0 Å². The molecule has 0 aliphatic heterocycles. The number of rotatable bonds is 8. The molecule has 0 unspecified atom stereocenters. The van der Waals surface area contributed by atoms with Crippen LogP contribution in [0.1, 0.15) is 13.8 Å². The average molecular weight is 476 g/mol. The Morgan fingerprint density at radius 2 is 1.78 bits per heavy atom. The van der Waals surface area contributed by atoms with E-state index in [4.69, 9.17) is 16.3 Å². The molecular formula is C18H20BrClN2O4S. The van der Waals surface area contributed by atoms with Gasteiger partial charge in [0.25, 0.3) is 5.91 Å². The zero-order valence-electron chi connectivity index (χ0n) is 14.9. The molecule has 1 amide bonds. The molecule has 0 aromatic heterocycles. The highest BCUT2D eigenvalue weighted by molar-refractivity contribution is 9.10. The Bertz CT molecular complexity index is 900. The summed E-state index contributed by atoms with van der Waals surface area (Å²) in [7, 11) is -3.52. The fraction of sp³-hybridized carbons (Fsp3) is 0.278. The van der Waals surface area contributed by atoms with Crippen molar-refractivity contribution in [1.29, 1.82) is 0 Å². The van der Waals surface area contributed by atoms with Gasteiger partial charge in [0, 0.05) is 23.2 Å². The van der Waals surface area contributed by atoms with Crippen LogP contribution in [0.25, 0.3) is 0 Å². The van der Waals surface area contributed by atoms with Gasteiger partial charge in [0.05, 0.1) is 9.92 Å². The van der Waals surface area contributed by atoms with Crippen LogP contribution in [-0.4, -0.2) is 38.3 Å². The van der Waals surface area contributed by atoms with E-state index in [0.29, 0.717) is 29.5 Å². The van der Waals surface area contributed by atoms with Gasteiger partial charge in [-0.3, -0.25) is 4.79 Å². The molecule has 0 saturated heterocycles. The van der Waals surface area contributed by atoms with Crippen LogP contribution < -0.4 is 10.1 Å². The maximum Gasteiger partial charge on any atom is 0.262 e. The minimum atomic E-state index is -3.52. The lowest BCUT2D eigenvalue weighted by Gasteiger charge is -2.18. The number of amides is 1. The first-order valence-electron chi connectivity index (χ1n) is 8.25. The van der Waals surface area contributed by atoms with E-state index in [1.165, 1.54) is 16.4 Å². The second-order valence-electron chi connectivity index (χ2n) is 5.53. The number of benzene rings is 2. The molecule has 0 radical (unpaired) electrons. The van der Waals surface area contributed by atoms with E-state index in [-0.39, 0.29) is 17.4 Å². The molecule has 146 valence electrons. The molecule has 0 atom stereocenters. The molecule has 0 heterocycles. The predicted molar refractivity (Wildman–Crippen MR) is 110 cm³/mol. The summed E-state index contributed by atoms with van der Waals surface area (Å²) in [4.78, 5) is 12.2. The van der Waals surface area contributed by atoms with Gasteiger partial charge >= 0.3 is 0 Å². The van der Waals surface area contributed by atoms with Gasteiger partial charge in [0.15, 0.2) is 6.61 Å². The van der Waals surface area contributed by atoms with Crippen LogP contribution in [0.2, 0.25) is 5.02 Å². The number of hydrogen-bond acceptors (Lipinski definition) is 4. The topological polar surface area (TPSA) is 75.7 Å². The third-order valence-electron chi connectivity index (χ3n) is 3.73. The largest absolute Gasteiger partial charge is 0.482 e. The lowest BCUT2D eigenvalue weighted by atomic mass is 10.3. The average Bonchev–Trinajstić information content (AvgIpc) is 2.62. The maximum absolute atomic E-state index is 12.4. The van der Waals surface area contributed by atoms with Gasteiger partial charge in [0.2, 0.25) is 10.0 Å². The molecule has 1 N–H and O–H groups in total. The Labute approximate surface area is 172 Å². The molecule has 2 aromatic carbocycles. The van der Waals surface area contributed by atoms with Gasteiger partial charge in [0.1, 0.15) is 5.75 Å². The monoisotopic (exact) mass is 474 g/mol. The summed E-state index contributed by atoms with van der Waals surface area (Å²) < 4.78 is 32.5. The van der Waals surface area contributed by atoms with E-state index < -0.39 is 10.0 Å². The number of carbonyl (C=O) groups is 1. The van der Waals surface area contributed by atoms with Crippen LogP contribution in [0, 0.1) is 0 Å². The number of halogens is 2. The number of nitrogens with zero attached hydrogens (tertiary/aromatic N) is 1. The summed E-state index contributed by atoms with van der Waals surface area (Å²) in [5, 5.41) is 3.05. The Morgan fingerprint density at radius 1 is 1.15 bits per heavy atom. The first-order chi connectivity index (χ1) is 12.8. The number of sulfonamides is 1. The van der Waals surface area contributed by atoms with E-state index >= 15 is 0 Å². The van der Waals surface area contributed by atoms with Gasteiger partial charge in [-0.1, -0.05) is 41.4 Å². The van der Waals surface area contributed by atoms with Crippen molar-refractivity contribution in [3.05, 3.63) is 52.0 Å². The van der Waals surface area contributed by atoms with Crippen LogP contribution in [0.4, 0.5) is 5.69 Å². The summed E-state index contributed by atoms with van der Waals surface area (Å²) in [5.74, 6) is 0.0176. The number of hydrogen-bond donors (Lipinski definition) is 1. The highest BCUT2D eigenvalue weighted by Crippen LogP contribution is 2.27. The summed E-state index contributed by atoms with van der Waals surface area (Å²) >= 11 is 9.33. The van der Waals surface area contributed by atoms with E-state index in [9.17, 15) is 13.2 Å². The number of carbonyl (C=O) groups excluding carboxylic acids is 1. The fourth-order valence-electron chi connectivity index (χ4n) is 2.36. The molecule has 0 aliphatic rings. The maximum atomic E-state index is 12.4. The van der Waals surface area contributed by atoms with Crippen molar-refractivity contribution in [2.24, 2.45) is 0 Å². The second kappa shape index (κ2) is 9.54. The quantitative estimate of drug-likeness (QED) is 0.622. The Hall–Kier alpha value is -1.61. The second-order valence-corrected chi connectivity index (χ2v) is 8.79. The SMILES string of the molecule is CCN(CC)S(=O)(=O)c1ccc(NC(=O)COc2ccc(Br)cc2Cl)cc1. The molecule has 0 saturated carbocycles. The predicted octanol–water partition coefficient (Wildman–Crippen LogP) is 4.15. The molecule has 2 aromatic rings. The molecule has 2 rings (SSSR count). The molecular weight excluding hydrogens is 456 g/mol. The summed E-state index contributed by atoms with van der Waals surface area (Å²) in [5.41, 5.74) is 0.476. The van der Waals surface area contributed by atoms with Gasteiger partial charge in [-0.15, -0.1) is 0 Å². The molecule has 27 heavy (non-hydrogen) atoms. The molecule has 0 aliphatic carbocycles. The first-order valence-corrected chi connectivity index (χ1v) is 10.9. The smallest absolute Gasteiger partial charge is 0.262 e. The van der Waals surface area contributed by atoms with Crippen LogP contribution in [0.3, 0.4) is 0 Å². The van der Waals surface area contributed by atoms with Crippen molar-refractivity contribution in [3.63, 3.8) is 0 Å². The summed E-state index contributed by atoms with van der Waals surface area (Å²) in [6.45, 7) is 4.14. The van der Waals surface area contributed by atoms with Crippen LogP contribution in [0.5, 0.6) is 5.75 Å². The molecule has 6 nitrogen and oxygen atoms in total. The summed E-state index contributed by atoms with van der Waals surface area (Å²) in [6, 6.07) is 11.1. The third-order valence-corrected chi connectivity index (χ3v) is 6.59. The van der Waals surface area contributed by atoms with Crippen molar-refractivity contribution < 1.29 is 17.9 Å². The zero-order chi connectivity index (χ0) is 20.0. The lowest BCUT2D eigenvalue weighted by molar-refractivity contribution is -0.118. The van der Waals surface area contributed by atoms with Crippen molar-refractivity contribution in [3.8, 4) is 5.75 Å². The van der Waals surface area contributed by atoms with E-state index in [0.717, 1.165) is 4.47 Å². The highest BCUT2D eigenvalue weighted by Gasteiger charge is 2.21.